The number of nitrogens with zero attached hydrogens (tertiary/aromatic N) is 3. The lowest BCUT2D eigenvalue weighted by Crippen LogP contribution is -2.50. The highest BCUT2D eigenvalue weighted by Crippen LogP contribution is 2.53. The van der Waals surface area contributed by atoms with Crippen LogP contribution in [0.5, 0.6) is 0 Å². The SMILES string of the molecule is [B][C@H]1CN(P(=O)(OC[C@@H]2CN(C)C[C@H](C)O2)N(C)C)C[C@@H](COC)O1. The third kappa shape index (κ3) is 5.74. The van der Waals surface area contributed by atoms with Crippen molar-refractivity contribution in [1.82, 2.24) is 14.2 Å². The summed E-state index contributed by atoms with van der Waals surface area (Å²) in [7, 11) is 9.92. The molecule has 0 spiro atoms. The summed E-state index contributed by atoms with van der Waals surface area (Å²) in [6.45, 7) is 5.13. The molecule has 0 bridgehead atoms. The van der Waals surface area contributed by atoms with Crippen molar-refractivity contribution in [3.05, 3.63) is 0 Å². The third-order valence-electron chi connectivity index (χ3n) is 4.33. The third-order valence-corrected chi connectivity index (χ3v) is 6.86. The molecule has 0 N–H and O–H groups in total. The second-order valence-corrected chi connectivity index (χ2v) is 9.65. The molecule has 2 rings (SSSR count). The van der Waals surface area contributed by atoms with Crippen LogP contribution in [0.2, 0.25) is 0 Å². The van der Waals surface area contributed by atoms with E-state index in [9.17, 15) is 4.57 Å². The molecule has 1 unspecified atom stereocenters. The molecular weight excluding hydrogens is 344 g/mol. The Morgan fingerprint density at radius 3 is 2.44 bits per heavy atom. The molecule has 0 aliphatic carbocycles. The van der Waals surface area contributed by atoms with Gasteiger partial charge >= 0.3 is 7.67 Å². The summed E-state index contributed by atoms with van der Waals surface area (Å²) in [4.78, 5) is 2.20. The van der Waals surface area contributed by atoms with E-state index in [1.54, 1.807) is 30.5 Å². The molecule has 2 heterocycles. The van der Waals surface area contributed by atoms with Crippen LogP contribution in [0.1, 0.15) is 6.92 Å². The van der Waals surface area contributed by atoms with Crippen LogP contribution in [0.4, 0.5) is 0 Å². The standard InChI is InChI=1S/C15H31BN3O5P/c1-12-6-18(4)7-13(23-12)11-22-25(20,17(2)3)19-8-14(10-21-5)24-15(16)9-19/h12-15H,6-11H2,1-5H3/t12-,13-,14-,15+,25?/m0/s1. The smallest absolute Gasteiger partial charge is 0.345 e. The number of morpholine rings is 2. The lowest BCUT2D eigenvalue weighted by Gasteiger charge is -2.43. The van der Waals surface area contributed by atoms with Gasteiger partial charge < -0.3 is 23.6 Å². The fourth-order valence-corrected chi connectivity index (χ4v) is 5.35. The van der Waals surface area contributed by atoms with Crippen molar-refractivity contribution < 1.29 is 23.3 Å². The second kappa shape index (κ2) is 9.28. The van der Waals surface area contributed by atoms with Crippen molar-refractivity contribution in [2.24, 2.45) is 0 Å². The first-order valence-electron chi connectivity index (χ1n) is 8.66. The van der Waals surface area contributed by atoms with Gasteiger partial charge in [0.15, 0.2) is 0 Å². The van der Waals surface area contributed by atoms with Crippen LogP contribution in [0.25, 0.3) is 0 Å². The minimum Gasteiger partial charge on any atom is -0.382 e. The molecule has 2 radical (unpaired) electrons. The highest BCUT2D eigenvalue weighted by Gasteiger charge is 2.41. The predicted octanol–water partition coefficient (Wildman–Crippen LogP) is 0.234. The van der Waals surface area contributed by atoms with Gasteiger partial charge in [-0.15, -0.1) is 0 Å². The van der Waals surface area contributed by atoms with Gasteiger partial charge in [-0.25, -0.2) is 9.34 Å². The quantitative estimate of drug-likeness (QED) is 0.463. The molecule has 144 valence electrons. The van der Waals surface area contributed by atoms with E-state index in [0.29, 0.717) is 19.7 Å². The molecule has 25 heavy (non-hydrogen) atoms. The van der Waals surface area contributed by atoms with Crippen LogP contribution in [0.15, 0.2) is 0 Å². The van der Waals surface area contributed by atoms with E-state index in [2.05, 4.69) is 4.90 Å². The molecule has 0 aromatic rings. The Labute approximate surface area is 152 Å². The molecule has 0 saturated carbocycles. The summed E-state index contributed by atoms with van der Waals surface area (Å²) >= 11 is 0. The second-order valence-electron chi connectivity index (χ2n) is 7.05. The summed E-state index contributed by atoms with van der Waals surface area (Å²) in [6.07, 6.45) is -0.205. The van der Waals surface area contributed by atoms with Gasteiger partial charge in [-0.2, -0.15) is 0 Å². The molecule has 2 aliphatic rings. The van der Waals surface area contributed by atoms with Crippen molar-refractivity contribution in [2.45, 2.75) is 31.2 Å². The molecular formula is C15H31BN3O5P. The van der Waals surface area contributed by atoms with Gasteiger partial charge in [0.1, 0.15) is 7.85 Å². The maximum absolute atomic E-state index is 13.6. The van der Waals surface area contributed by atoms with Crippen LogP contribution in [0, 0.1) is 0 Å². The summed E-state index contributed by atoms with van der Waals surface area (Å²) in [6, 6.07) is -0.525. The first-order chi connectivity index (χ1) is 11.7. The van der Waals surface area contributed by atoms with Gasteiger partial charge in [0.2, 0.25) is 0 Å². The van der Waals surface area contributed by atoms with Crippen molar-refractivity contribution in [1.29, 1.82) is 0 Å². The maximum atomic E-state index is 13.6. The van der Waals surface area contributed by atoms with Crippen LogP contribution in [-0.4, -0.2) is 114 Å². The molecule has 0 aromatic carbocycles. The minimum absolute atomic E-state index is 0.105. The van der Waals surface area contributed by atoms with Crippen LogP contribution < -0.4 is 0 Å². The molecule has 0 aromatic heterocycles. The highest BCUT2D eigenvalue weighted by atomic mass is 31.2. The Kier molecular flexibility index (Phi) is 7.92. The Bertz CT molecular complexity index is 462. The molecule has 2 fully saturated rings. The summed E-state index contributed by atoms with van der Waals surface area (Å²) < 4.78 is 39.6. The van der Waals surface area contributed by atoms with E-state index in [1.165, 1.54) is 0 Å². The molecule has 0 amide bonds. The normalized spacial score (nSPS) is 35.0. The lowest BCUT2D eigenvalue weighted by molar-refractivity contribution is -0.0894. The monoisotopic (exact) mass is 375 g/mol. The van der Waals surface area contributed by atoms with Crippen molar-refractivity contribution in [2.75, 3.05) is 67.6 Å². The van der Waals surface area contributed by atoms with Crippen LogP contribution in [0.3, 0.4) is 0 Å². The van der Waals surface area contributed by atoms with Gasteiger partial charge in [-0.05, 0) is 28.1 Å². The molecule has 5 atom stereocenters. The molecule has 2 aliphatic heterocycles. The lowest BCUT2D eigenvalue weighted by atomic mass is 9.98. The van der Waals surface area contributed by atoms with E-state index in [-0.39, 0.29) is 24.9 Å². The van der Waals surface area contributed by atoms with Gasteiger partial charge in [0.05, 0.1) is 31.5 Å². The fraction of sp³-hybridized carbons (Fsp3) is 1.00. The zero-order valence-corrected chi connectivity index (χ0v) is 16.9. The van der Waals surface area contributed by atoms with Gasteiger partial charge in [-0.1, -0.05) is 0 Å². The van der Waals surface area contributed by atoms with Crippen molar-refractivity contribution >= 4 is 15.5 Å². The first-order valence-corrected chi connectivity index (χ1v) is 10.2. The Hall–Kier alpha value is 0.0149. The van der Waals surface area contributed by atoms with Crippen molar-refractivity contribution in [3.8, 4) is 0 Å². The number of hydrogen-bond acceptors (Lipinski definition) is 6. The van der Waals surface area contributed by atoms with E-state index in [0.717, 1.165) is 13.1 Å². The zero-order valence-electron chi connectivity index (χ0n) is 16.0. The minimum atomic E-state index is -3.22. The van der Waals surface area contributed by atoms with Gasteiger partial charge in [-0.3, -0.25) is 4.57 Å². The summed E-state index contributed by atoms with van der Waals surface area (Å²) in [5.74, 6) is 0. The highest BCUT2D eigenvalue weighted by molar-refractivity contribution is 7.53. The maximum Gasteiger partial charge on any atom is 0.345 e. The van der Waals surface area contributed by atoms with Crippen molar-refractivity contribution in [3.63, 3.8) is 0 Å². The zero-order chi connectivity index (χ0) is 18.6. The summed E-state index contributed by atoms with van der Waals surface area (Å²) in [5, 5.41) is 0. The molecule has 10 heteroatoms. The Morgan fingerprint density at radius 2 is 1.84 bits per heavy atom. The average molecular weight is 375 g/mol. The van der Waals surface area contributed by atoms with Crippen LogP contribution >= 0.6 is 7.67 Å². The molecule has 2 saturated heterocycles. The van der Waals surface area contributed by atoms with E-state index in [1.807, 2.05) is 14.0 Å². The molecule has 8 nitrogen and oxygen atoms in total. The number of methoxy groups -OCH3 is 1. The number of likely N-dealkylation sites (N-methyl/N-ethyl adjacent to an activating group) is 1. The number of rotatable bonds is 7. The van der Waals surface area contributed by atoms with E-state index < -0.39 is 13.7 Å². The van der Waals surface area contributed by atoms with Crippen LogP contribution in [-0.2, 0) is 23.3 Å². The predicted molar refractivity (Wildman–Crippen MR) is 96.9 cm³/mol. The average Bonchev–Trinajstić information content (AvgIpc) is 2.51. The number of ether oxygens (including phenoxy) is 3. The number of hydrogen-bond donors (Lipinski definition) is 0. The van der Waals surface area contributed by atoms with E-state index in [4.69, 9.17) is 26.6 Å². The van der Waals surface area contributed by atoms with Gasteiger partial charge in [0.25, 0.3) is 0 Å². The largest absolute Gasteiger partial charge is 0.382 e. The van der Waals surface area contributed by atoms with Gasteiger partial charge in [0, 0.05) is 39.3 Å². The fourth-order valence-electron chi connectivity index (χ4n) is 3.33. The summed E-state index contributed by atoms with van der Waals surface area (Å²) in [5.41, 5.74) is 0. The Morgan fingerprint density at radius 1 is 1.16 bits per heavy atom. The Balaban J connectivity index is 2.03. The topological polar surface area (TPSA) is 63.7 Å². The first kappa shape index (κ1) is 21.3. The van der Waals surface area contributed by atoms with E-state index >= 15 is 0 Å².